The van der Waals surface area contributed by atoms with E-state index in [4.69, 9.17) is 5.11 Å². The van der Waals surface area contributed by atoms with Gasteiger partial charge in [-0.1, -0.05) is 17.9 Å². The van der Waals surface area contributed by atoms with Crippen molar-refractivity contribution in [3.8, 4) is 11.8 Å². The van der Waals surface area contributed by atoms with Gasteiger partial charge in [0.1, 0.15) is 12.4 Å². The Labute approximate surface area is 109 Å². The summed E-state index contributed by atoms with van der Waals surface area (Å²) in [6, 6.07) is 6.10. The molecule has 0 bridgehead atoms. The number of rotatable bonds is 2. The summed E-state index contributed by atoms with van der Waals surface area (Å²) in [7, 11) is 0. The molecule has 19 heavy (non-hydrogen) atoms. The molecule has 0 fully saturated rings. The average molecular weight is 258 g/mol. The monoisotopic (exact) mass is 258 g/mol. The van der Waals surface area contributed by atoms with Gasteiger partial charge in [0, 0.05) is 23.5 Å². The van der Waals surface area contributed by atoms with E-state index in [0.29, 0.717) is 11.1 Å². The Bertz CT molecular complexity index is 698. The SMILES string of the molecule is O=c1ncccn1Cc1ccc(C#CCO)cc1F. The summed E-state index contributed by atoms with van der Waals surface area (Å²) in [5.41, 5.74) is 0.435. The highest BCUT2D eigenvalue weighted by atomic mass is 19.1. The van der Waals surface area contributed by atoms with Gasteiger partial charge in [0.05, 0.1) is 6.54 Å². The summed E-state index contributed by atoms with van der Waals surface area (Å²) in [5, 5.41) is 8.56. The lowest BCUT2D eigenvalue weighted by Crippen LogP contribution is -2.22. The second-order valence-electron chi connectivity index (χ2n) is 3.80. The zero-order valence-corrected chi connectivity index (χ0v) is 10.0. The van der Waals surface area contributed by atoms with Gasteiger partial charge in [-0.15, -0.1) is 0 Å². The van der Waals surface area contributed by atoms with Crippen LogP contribution in [0, 0.1) is 17.7 Å². The van der Waals surface area contributed by atoms with Crippen LogP contribution in [-0.4, -0.2) is 21.3 Å². The Morgan fingerprint density at radius 2 is 2.26 bits per heavy atom. The largest absolute Gasteiger partial charge is 0.384 e. The lowest BCUT2D eigenvalue weighted by molar-refractivity contribution is 0.350. The molecule has 4 nitrogen and oxygen atoms in total. The second-order valence-corrected chi connectivity index (χ2v) is 3.80. The first kappa shape index (κ1) is 13.0. The first-order chi connectivity index (χ1) is 9.20. The fourth-order valence-corrected chi connectivity index (χ4v) is 1.59. The first-order valence-electron chi connectivity index (χ1n) is 5.60. The minimum Gasteiger partial charge on any atom is -0.384 e. The van der Waals surface area contributed by atoms with Gasteiger partial charge < -0.3 is 5.11 Å². The maximum atomic E-state index is 13.8. The Balaban J connectivity index is 2.27. The molecule has 0 amide bonds. The van der Waals surface area contributed by atoms with E-state index in [0.717, 1.165) is 0 Å². The molecule has 0 aliphatic heterocycles. The van der Waals surface area contributed by atoms with Crippen LogP contribution < -0.4 is 5.69 Å². The third kappa shape index (κ3) is 3.27. The minimum absolute atomic E-state index is 0.117. The molecule has 1 aromatic carbocycles. The third-order valence-corrected chi connectivity index (χ3v) is 2.49. The lowest BCUT2D eigenvalue weighted by Gasteiger charge is -2.06. The van der Waals surface area contributed by atoms with Gasteiger partial charge in [-0.2, -0.15) is 0 Å². The van der Waals surface area contributed by atoms with Crippen LogP contribution in [0.1, 0.15) is 11.1 Å². The highest BCUT2D eigenvalue weighted by Gasteiger charge is 2.04. The predicted molar refractivity (Wildman–Crippen MR) is 68.0 cm³/mol. The minimum atomic E-state index is -0.444. The Morgan fingerprint density at radius 1 is 1.42 bits per heavy atom. The van der Waals surface area contributed by atoms with Crippen molar-refractivity contribution in [2.75, 3.05) is 6.61 Å². The molecule has 0 unspecified atom stereocenters. The zero-order valence-electron chi connectivity index (χ0n) is 10.0. The number of halogens is 1. The molecule has 0 aliphatic rings. The highest BCUT2D eigenvalue weighted by Crippen LogP contribution is 2.10. The van der Waals surface area contributed by atoms with Crippen molar-refractivity contribution >= 4 is 0 Å². The van der Waals surface area contributed by atoms with Gasteiger partial charge in [-0.25, -0.2) is 14.2 Å². The fourth-order valence-electron chi connectivity index (χ4n) is 1.59. The van der Waals surface area contributed by atoms with Crippen LogP contribution >= 0.6 is 0 Å². The van der Waals surface area contributed by atoms with Gasteiger partial charge in [0.25, 0.3) is 0 Å². The second kappa shape index (κ2) is 5.94. The van der Waals surface area contributed by atoms with E-state index in [1.807, 2.05) is 0 Å². The van der Waals surface area contributed by atoms with Crippen molar-refractivity contribution in [2.24, 2.45) is 0 Å². The molecule has 0 radical (unpaired) electrons. The Hall–Kier alpha value is -2.45. The number of aromatic nitrogens is 2. The molecule has 1 heterocycles. The molecule has 0 spiro atoms. The molecule has 5 heteroatoms. The Kier molecular flexibility index (Phi) is 4.06. The third-order valence-electron chi connectivity index (χ3n) is 2.49. The normalized spacial score (nSPS) is 9.79. The highest BCUT2D eigenvalue weighted by molar-refractivity contribution is 5.37. The van der Waals surface area contributed by atoms with Crippen molar-refractivity contribution in [1.29, 1.82) is 0 Å². The predicted octanol–water partition coefficient (Wildman–Crippen LogP) is 0.775. The van der Waals surface area contributed by atoms with Gasteiger partial charge >= 0.3 is 5.69 Å². The van der Waals surface area contributed by atoms with Gasteiger partial charge in [-0.05, 0) is 18.2 Å². The van der Waals surface area contributed by atoms with E-state index in [1.165, 1.54) is 16.8 Å². The Morgan fingerprint density at radius 3 is 2.95 bits per heavy atom. The molecule has 0 saturated heterocycles. The topological polar surface area (TPSA) is 55.1 Å². The van der Waals surface area contributed by atoms with Crippen molar-refractivity contribution in [3.05, 3.63) is 64.1 Å². The van der Waals surface area contributed by atoms with Crippen LogP contribution in [0.5, 0.6) is 0 Å². The summed E-state index contributed by atoms with van der Waals surface area (Å²) < 4.78 is 15.1. The zero-order chi connectivity index (χ0) is 13.7. The molecule has 0 aliphatic carbocycles. The smallest absolute Gasteiger partial charge is 0.347 e. The van der Waals surface area contributed by atoms with Gasteiger partial charge in [0.15, 0.2) is 0 Å². The molecule has 2 aromatic rings. The quantitative estimate of drug-likeness (QED) is 0.810. The van der Waals surface area contributed by atoms with E-state index in [1.54, 1.807) is 24.4 Å². The van der Waals surface area contributed by atoms with Crippen molar-refractivity contribution in [3.63, 3.8) is 0 Å². The molecule has 0 saturated carbocycles. The van der Waals surface area contributed by atoms with E-state index < -0.39 is 11.5 Å². The molecule has 2 rings (SSSR count). The summed E-state index contributed by atoms with van der Waals surface area (Å²) in [6.07, 6.45) is 2.94. The summed E-state index contributed by atoms with van der Waals surface area (Å²) >= 11 is 0. The van der Waals surface area contributed by atoms with E-state index in [2.05, 4.69) is 16.8 Å². The number of benzene rings is 1. The standard InChI is InChI=1S/C14H11FN2O2/c15-13-9-11(3-1-8-18)4-5-12(13)10-17-7-2-6-16-14(17)19/h2,4-7,9,18H,8,10H2. The number of hydrogen-bond acceptors (Lipinski definition) is 3. The summed E-state index contributed by atoms with van der Waals surface area (Å²) in [4.78, 5) is 15.0. The average Bonchev–Trinajstić information content (AvgIpc) is 2.41. The van der Waals surface area contributed by atoms with E-state index in [9.17, 15) is 9.18 Å². The number of aliphatic hydroxyl groups excluding tert-OH is 1. The van der Waals surface area contributed by atoms with Crippen LogP contribution in [0.2, 0.25) is 0 Å². The molecule has 1 N–H and O–H groups in total. The molecule has 96 valence electrons. The maximum Gasteiger partial charge on any atom is 0.347 e. The van der Waals surface area contributed by atoms with Crippen LogP contribution in [0.4, 0.5) is 4.39 Å². The van der Waals surface area contributed by atoms with Gasteiger partial charge in [0.2, 0.25) is 0 Å². The lowest BCUT2D eigenvalue weighted by atomic mass is 10.1. The fraction of sp³-hybridized carbons (Fsp3) is 0.143. The van der Waals surface area contributed by atoms with Crippen LogP contribution in [0.25, 0.3) is 0 Å². The molecule has 0 atom stereocenters. The van der Waals surface area contributed by atoms with Crippen LogP contribution in [0.15, 0.2) is 41.5 Å². The maximum absolute atomic E-state index is 13.8. The summed E-state index contributed by atoms with van der Waals surface area (Å²) in [6.45, 7) is -0.152. The summed E-state index contributed by atoms with van der Waals surface area (Å²) in [5.74, 6) is 4.62. The number of nitrogens with zero attached hydrogens (tertiary/aromatic N) is 2. The van der Waals surface area contributed by atoms with E-state index >= 15 is 0 Å². The van der Waals surface area contributed by atoms with Crippen molar-refractivity contribution < 1.29 is 9.50 Å². The first-order valence-corrected chi connectivity index (χ1v) is 5.60. The van der Waals surface area contributed by atoms with Crippen molar-refractivity contribution in [2.45, 2.75) is 6.54 Å². The van der Waals surface area contributed by atoms with Crippen molar-refractivity contribution in [1.82, 2.24) is 9.55 Å². The number of aliphatic hydroxyl groups is 1. The van der Waals surface area contributed by atoms with Gasteiger partial charge in [-0.3, -0.25) is 4.57 Å². The molecular weight excluding hydrogens is 247 g/mol. The van der Waals surface area contributed by atoms with Crippen LogP contribution in [-0.2, 0) is 6.54 Å². The molecule has 1 aromatic heterocycles. The molecular formula is C14H11FN2O2. The number of hydrogen-bond donors (Lipinski definition) is 1. The van der Waals surface area contributed by atoms with Crippen LogP contribution in [0.3, 0.4) is 0 Å². The van der Waals surface area contributed by atoms with E-state index in [-0.39, 0.29) is 13.2 Å².